The smallest absolute Gasteiger partial charge is 0.0648 e. The van der Waals surface area contributed by atoms with Crippen molar-refractivity contribution < 1.29 is 0 Å². The number of thioether (sulfide) groups is 1. The second-order valence-electron chi connectivity index (χ2n) is 2.13. The minimum atomic E-state index is 0.580. The van der Waals surface area contributed by atoms with E-state index in [1.807, 2.05) is 32.3 Å². The predicted octanol–water partition coefficient (Wildman–Crippen LogP) is 3.45. The third-order valence-corrected chi connectivity index (χ3v) is 2.21. The van der Waals surface area contributed by atoms with Gasteiger partial charge in [-0.2, -0.15) is 0 Å². The molecule has 1 nitrogen and oxygen atoms in total. The summed E-state index contributed by atoms with van der Waals surface area (Å²) in [6.07, 6.45) is 1.25. The molecule has 0 aliphatic carbocycles. The van der Waals surface area contributed by atoms with Crippen LogP contribution in [0.2, 0.25) is 0 Å². The van der Waals surface area contributed by atoms with Gasteiger partial charge in [-0.25, -0.2) is 0 Å². The summed E-state index contributed by atoms with van der Waals surface area (Å²) in [6.45, 7) is 10.2. The minimum absolute atomic E-state index is 0.580. The molecule has 0 spiro atoms. The van der Waals surface area contributed by atoms with Crippen molar-refractivity contribution >= 4 is 26.0 Å². The van der Waals surface area contributed by atoms with Crippen molar-refractivity contribution in [2.45, 2.75) is 40.2 Å². The van der Waals surface area contributed by atoms with Gasteiger partial charge in [0, 0.05) is 11.8 Å². The summed E-state index contributed by atoms with van der Waals surface area (Å²) in [5, 5.41) is 1.25. The average molecular weight is 207 g/mol. The van der Waals surface area contributed by atoms with Gasteiger partial charge in [-0.1, -0.05) is 20.5 Å². The van der Waals surface area contributed by atoms with E-state index in [1.165, 1.54) is 17.2 Å². The van der Waals surface area contributed by atoms with Gasteiger partial charge in [0.1, 0.15) is 0 Å². The molecule has 0 saturated heterocycles. The van der Waals surface area contributed by atoms with Crippen LogP contribution in [0.25, 0.3) is 0 Å². The Hall–Kier alpha value is 0.450. The highest BCUT2D eigenvalue weighted by Gasteiger charge is 2.06. The Bertz CT molecular complexity index is 115. The van der Waals surface area contributed by atoms with Gasteiger partial charge in [-0.05, 0) is 20.3 Å². The first kappa shape index (κ1) is 14.9. The lowest BCUT2D eigenvalue weighted by Crippen LogP contribution is -2.08. The van der Waals surface area contributed by atoms with Crippen LogP contribution in [0.1, 0.15) is 34.1 Å². The second kappa shape index (κ2) is 11.4. The molecule has 1 aliphatic rings. The quantitative estimate of drug-likeness (QED) is 0.554. The molecule has 12 heavy (non-hydrogen) atoms. The minimum Gasteiger partial charge on any atom is -0.280 e. The summed E-state index contributed by atoms with van der Waals surface area (Å²) in [6, 6.07) is 0.580. The van der Waals surface area contributed by atoms with Gasteiger partial charge in [-0.15, -0.1) is 21.0 Å². The van der Waals surface area contributed by atoms with Crippen molar-refractivity contribution in [3.8, 4) is 0 Å². The van der Waals surface area contributed by atoms with Crippen LogP contribution in [0, 0.1) is 0 Å². The fourth-order valence-electron chi connectivity index (χ4n) is 0.789. The van der Waals surface area contributed by atoms with Crippen LogP contribution in [0.5, 0.6) is 0 Å². The van der Waals surface area contributed by atoms with Crippen molar-refractivity contribution in [2.75, 3.05) is 12.4 Å². The molecule has 3 heteroatoms. The van der Waals surface area contributed by atoms with E-state index in [1.54, 1.807) is 0 Å². The van der Waals surface area contributed by atoms with Crippen molar-refractivity contribution in [2.24, 2.45) is 4.99 Å². The molecular weight excluding hydrogens is 185 g/mol. The van der Waals surface area contributed by atoms with Crippen LogP contribution < -0.4 is 0 Å². The van der Waals surface area contributed by atoms with Crippen molar-refractivity contribution in [1.29, 1.82) is 0 Å². The van der Waals surface area contributed by atoms with E-state index in [4.69, 9.17) is 0 Å². The van der Waals surface area contributed by atoms with Crippen LogP contribution >= 0.6 is 21.0 Å². The van der Waals surface area contributed by atoms with Crippen LogP contribution in [0.3, 0.4) is 0 Å². The van der Waals surface area contributed by atoms with Gasteiger partial charge in [-0.3, -0.25) is 4.99 Å². The van der Waals surface area contributed by atoms with Crippen molar-refractivity contribution in [3.05, 3.63) is 0 Å². The van der Waals surface area contributed by atoms with E-state index in [9.17, 15) is 0 Å². The largest absolute Gasteiger partial charge is 0.280 e. The maximum absolute atomic E-state index is 4.36. The van der Waals surface area contributed by atoms with Crippen LogP contribution in [-0.2, 0) is 0 Å². The fraction of sp³-hybridized carbons (Fsp3) is 0.889. The monoisotopic (exact) mass is 207 g/mol. The third kappa shape index (κ3) is 8.55. The molecule has 0 N–H and O–H groups in total. The van der Waals surface area contributed by atoms with Gasteiger partial charge in [0.25, 0.3) is 0 Å². The Morgan fingerprint density at radius 3 is 2.17 bits per heavy atom. The highest BCUT2D eigenvalue weighted by Crippen LogP contribution is 2.15. The topological polar surface area (TPSA) is 12.4 Å². The summed E-state index contributed by atoms with van der Waals surface area (Å²) in [5.74, 6) is 1.26. The lowest BCUT2D eigenvalue weighted by atomic mass is 10.3. The fourth-order valence-corrected chi connectivity index (χ4v) is 1.80. The SMILES string of the molecule is CC.CC1=NC(C)CCS1.CP. The molecule has 0 radical (unpaired) electrons. The van der Waals surface area contributed by atoms with Crippen LogP contribution in [-0.4, -0.2) is 23.5 Å². The molecule has 0 amide bonds. The van der Waals surface area contributed by atoms with E-state index < -0.39 is 0 Å². The molecule has 74 valence electrons. The number of hydrogen-bond acceptors (Lipinski definition) is 2. The second-order valence-corrected chi connectivity index (χ2v) is 3.42. The zero-order chi connectivity index (χ0) is 9.98. The van der Waals surface area contributed by atoms with Crippen LogP contribution in [0.4, 0.5) is 0 Å². The van der Waals surface area contributed by atoms with Gasteiger partial charge in [0.2, 0.25) is 0 Å². The van der Waals surface area contributed by atoms with Gasteiger partial charge in [0.15, 0.2) is 0 Å². The molecule has 2 unspecified atom stereocenters. The van der Waals surface area contributed by atoms with Gasteiger partial charge < -0.3 is 0 Å². The lowest BCUT2D eigenvalue weighted by molar-refractivity contribution is 0.720. The Kier molecular flexibility index (Phi) is 14.3. The molecule has 0 aromatic carbocycles. The molecule has 1 heterocycles. The molecule has 0 bridgehead atoms. The van der Waals surface area contributed by atoms with E-state index in [2.05, 4.69) is 28.1 Å². The summed E-state index contributed by atoms with van der Waals surface area (Å²) < 4.78 is 0. The maximum Gasteiger partial charge on any atom is 0.0648 e. The van der Waals surface area contributed by atoms with Crippen molar-refractivity contribution in [3.63, 3.8) is 0 Å². The Morgan fingerprint density at radius 1 is 1.42 bits per heavy atom. The van der Waals surface area contributed by atoms with E-state index in [0.29, 0.717) is 6.04 Å². The van der Waals surface area contributed by atoms with E-state index in [-0.39, 0.29) is 0 Å². The Labute approximate surface area is 84.0 Å². The molecule has 1 aliphatic heterocycles. The first-order chi connectivity index (χ1) is 5.79. The summed E-state index contributed by atoms with van der Waals surface area (Å²) in [7, 11) is 2.42. The standard InChI is InChI=1S/C6H11NS.C2H6.CH5P/c1-5-3-4-8-6(2)7-5;2*1-2/h5H,3-4H2,1-2H3;1-2H3;2H2,1H3. The molecule has 0 saturated carbocycles. The van der Waals surface area contributed by atoms with E-state index in [0.717, 1.165) is 0 Å². The Balaban J connectivity index is 0. The average Bonchev–Trinajstić information content (AvgIpc) is 2.11. The summed E-state index contributed by atoms with van der Waals surface area (Å²) in [5.41, 5.74) is 0. The van der Waals surface area contributed by atoms with Crippen molar-refractivity contribution in [1.82, 2.24) is 0 Å². The van der Waals surface area contributed by atoms with Crippen LogP contribution in [0.15, 0.2) is 4.99 Å². The lowest BCUT2D eigenvalue weighted by Gasteiger charge is -2.12. The first-order valence-electron chi connectivity index (χ1n) is 4.54. The maximum atomic E-state index is 4.36. The zero-order valence-electron chi connectivity index (χ0n) is 8.92. The van der Waals surface area contributed by atoms with E-state index >= 15 is 0 Å². The highest BCUT2D eigenvalue weighted by molar-refractivity contribution is 8.13. The molecule has 0 aromatic heterocycles. The molecule has 1 rings (SSSR count). The normalized spacial score (nSPS) is 20.8. The molecule has 0 fully saturated rings. The van der Waals surface area contributed by atoms with Gasteiger partial charge in [0.05, 0.1) is 5.04 Å². The third-order valence-electron chi connectivity index (χ3n) is 1.25. The first-order valence-corrected chi connectivity index (χ1v) is 6.68. The molecule has 0 aromatic rings. The molecule has 2 atom stereocenters. The number of nitrogens with zero attached hydrogens (tertiary/aromatic N) is 1. The molecular formula is C9H22NPS. The highest BCUT2D eigenvalue weighted by atomic mass is 32.2. The zero-order valence-corrected chi connectivity index (χ0v) is 10.9. The van der Waals surface area contributed by atoms with Gasteiger partial charge >= 0.3 is 0 Å². The number of aliphatic imine (C=N–C) groups is 1. The summed E-state index contributed by atoms with van der Waals surface area (Å²) >= 11 is 1.87. The number of rotatable bonds is 0. The Morgan fingerprint density at radius 2 is 1.92 bits per heavy atom. The number of hydrogen-bond donors (Lipinski definition) is 0. The predicted molar refractivity (Wildman–Crippen MR) is 66.6 cm³/mol. The summed E-state index contributed by atoms with van der Waals surface area (Å²) in [4.78, 5) is 4.36.